The summed E-state index contributed by atoms with van der Waals surface area (Å²) in [6, 6.07) is 10.0. The van der Waals surface area contributed by atoms with Crippen molar-refractivity contribution in [2.24, 2.45) is 11.1 Å². The second-order valence-corrected chi connectivity index (χ2v) is 6.71. The van der Waals surface area contributed by atoms with Gasteiger partial charge in [0.15, 0.2) is 0 Å². The molecule has 0 saturated heterocycles. The summed E-state index contributed by atoms with van der Waals surface area (Å²) < 4.78 is 27.4. The van der Waals surface area contributed by atoms with E-state index in [1.54, 1.807) is 0 Å². The summed E-state index contributed by atoms with van der Waals surface area (Å²) in [6.07, 6.45) is 1.49. The first-order valence-electron chi connectivity index (χ1n) is 6.55. The first-order chi connectivity index (χ1) is 8.88. The Balaban J connectivity index is 2.23. The Bertz CT molecular complexity index is 459. The molecule has 2 unspecified atom stereocenters. The van der Waals surface area contributed by atoms with E-state index in [2.05, 4.69) is 0 Å². The van der Waals surface area contributed by atoms with E-state index in [9.17, 15) is 8.42 Å². The van der Waals surface area contributed by atoms with Crippen molar-refractivity contribution in [3.05, 3.63) is 35.9 Å². The summed E-state index contributed by atoms with van der Waals surface area (Å²) in [4.78, 5) is 0. The fourth-order valence-electron chi connectivity index (χ4n) is 1.78. The van der Waals surface area contributed by atoms with Crippen LogP contribution in [0.25, 0.3) is 0 Å². The van der Waals surface area contributed by atoms with Crippen LogP contribution in [0.1, 0.15) is 38.4 Å². The van der Waals surface area contributed by atoms with E-state index >= 15 is 0 Å². The zero-order chi connectivity index (χ0) is 14.3. The van der Waals surface area contributed by atoms with Gasteiger partial charge in [-0.1, -0.05) is 37.3 Å². The van der Waals surface area contributed by atoms with Crippen molar-refractivity contribution in [2.45, 2.75) is 32.8 Å². The van der Waals surface area contributed by atoms with Gasteiger partial charge in [0.2, 0.25) is 10.0 Å². The van der Waals surface area contributed by atoms with E-state index in [-0.39, 0.29) is 11.9 Å². The van der Waals surface area contributed by atoms with Crippen molar-refractivity contribution in [3.63, 3.8) is 0 Å². The fourth-order valence-corrected chi connectivity index (χ4v) is 2.51. The van der Waals surface area contributed by atoms with E-state index < -0.39 is 10.0 Å². The molecule has 1 aromatic rings. The monoisotopic (exact) mass is 285 g/mol. The molecule has 0 heterocycles. The van der Waals surface area contributed by atoms with Gasteiger partial charge in [0.05, 0.1) is 11.9 Å². The molecule has 2 atom stereocenters. The first-order valence-corrected chi connectivity index (χ1v) is 8.27. The molecule has 0 radical (unpaired) electrons. The van der Waals surface area contributed by atoms with Crippen LogP contribution in [0.3, 0.4) is 0 Å². The largest absolute Gasteiger partial charge is 0.374 e. The molecule has 0 spiro atoms. The third kappa shape index (κ3) is 7.30. The summed E-state index contributed by atoms with van der Waals surface area (Å²) in [7, 11) is -3.34. The van der Waals surface area contributed by atoms with Crippen LogP contribution in [0.4, 0.5) is 0 Å². The highest BCUT2D eigenvalue weighted by Crippen LogP contribution is 2.17. The van der Waals surface area contributed by atoms with E-state index in [0.29, 0.717) is 18.9 Å². The fraction of sp³-hybridized carbons (Fsp3) is 0.571. The summed E-state index contributed by atoms with van der Waals surface area (Å²) in [5.74, 6) is 0.337. The lowest BCUT2D eigenvalue weighted by molar-refractivity contribution is 0.0569. The number of primary sulfonamides is 1. The third-order valence-corrected chi connectivity index (χ3v) is 3.95. The second-order valence-electron chi connectivity index (χ2n) is 4.97. The maximum atomic E-state index is 10.8. The quantitative estimate of drug-likeness (QED) is 0.797. The molecule has 19 heavy (non-hydrogen) atoms. The Morgan fingerprint density at radius 1 is 1.16 bits per heavy atom. The zero-order valence-corrected chi connectivity index (χ0v) is 12.4. The van der Waals surface area contributed by atoms with Gasteiger partial charge in [-0.05, 0) is 31.2 Å². The van der Waals surface area contributed by atoms with Crippen LogP contribution in [-0.4, -0.2) is 20.8 Å². The number of ether oxygens (including phenoxy) is 1. The van der Waals surface area contributed by atoms with E-state index in [0.717, 1.165) is 12.0 Å². The lowest BCUT2D eigenvalue weighted by atomic mass is 10.1. The van der Waals surface area contributed by atoms with Gasteiger partial charge in [0, 0.05) is 6.61 Å². The highest BCUT2D eigenvalue weighted by Gasteiger charge is 2.10. The van der Waals surface area contributed by atoms with E-state index in [1.165, 1.54) is 0 Å². The lowest BCUT2D eigenvalue weighted by Gasteiger charge is -2.15. The molecule has 0 aliphatic rings. The van der Waals surface area contributed by atoms with Crippen LogP contribution in [0.2, 0.25) is 0 Å². The smallest absolute Gasteiger partial charge is 0.209 e. The maximum Gasteiger partial charge on any atom is 0.209 e. The molecule has 2 N–H and O–H groups in total. The standard InChI is InChI=1S/C14H23NO3S/c1-12(9-11-19(15,16)17)8-10-18-13(2)14-6-4-3-5-7-14/h3-7,12-13H,8-11H2,1-2H3,(H2,15,16,17). The summed E-state index contributed by atoms with van der Waals surface area (Å²) in [5.41, 5.74) is 1.15. The molecule has 108 valence electrons. The van der Waals surface area contributed by atoms with Crippen molar-refractivity contribution < 1.29 is 13.2 Å². The van der Waals surface area contributed by atoms with Crippen LogP contribution < -0.4 is 5.14 Å². The molecule has 0 saturated carbocycles. The number of hydrogen-bond acceptors (Lipinski definition) is 3. The molecule has 0 fully saturated rings. The highest BCUT2D eigenvalue weighted by atomic mass is 32.2. The predicted molar refractivity (Wildman–Crippen MR) is 77.2 cm³/mol. The summed E-state index contributed by atoms with van der Waals surface area (Å²) in [5, 5.41) is 4.98. The maximum absolute atomic E-state index is 10.8. The number of hydrogen-bond donors (Lipinski definition) is 1. The van der Waals surface area contributed by atoms with Crippen molar-refractivity contribution in [1.29, 1.82) is 0 Å². The number of nitrogens with two attached hydrogens (primary N) is 1. The van der Waals surface area contributed by atoms with Gasteiger partial charge in [0.1, 0.15) is 0 Å². The number of benzene rings is 1. The van der Waals surface area contributed by atoms with Crippen LogP contribution in [0.5, 0.6) is 0 Å². The van der Waals surface area contributed by atoms with Crippen molar-refractivity contribution >= 4 is 10.0 Å². The minimum Gasteiger partial charge on any atom is -0.374 e. The Morgan fingerprint density at radius 3 is 2.37 bits per heavy atom. The molecule has 0 aliphatic heterocycles. The topological polar surface area (TPSA) is 69.4 Å². The predicted octanol–water partition coefficient (Wildman–Crippen LogP) is 2.47. The second kappa shape index (κ2) is 7.62. The molecule has 0 aliphatic carbocycles. The minimum absolute atomic E-state index is 0.0441. The third-order valence-electron chi connectivity index (χ3n) is 3.14. The van der Waals surface area contributed by atoms with Crippen LogP contribution >= 0.6 is 0 Å². The Labute approximate surface area is 116 Å². The lowest BCUT2D eigenvalue weighted by Crippen LogP contribution is -2.18. The van der Waals surface area contributed by atoms with Crippen LogP contribution in [-0.2, 0) is 14.8 Å². The van der Waals surface area contributed by atoms with E-state index in [1.807, 2.05) is 44.2 Å². The van der Waals surface area contributed by atoms with Gasteiger partial charge >= 0.3 is 0 Å². The molecule has 0 aromatic heterocycles. The molecule has 1 rings (SSSR count). The average molecular weight is 285 g/mol. The first kappa shape index (κ1) is 16.1. The molecular formula is C14H23NO3S. The van der Waals surface area contributed by atoms with Gasteiger partial charge in [-0.25, -0.2) is 13.6 Å². The van der Waals surface area contributed by atoms with Gasteiger partial charge < -0.3 is 4.74 Å². The molecule has 5 heteroatoms. The van der Waals surface area contributed by atoms with Gasteiger partial charge in [-0.15, -0.1) is 0 Å². The highest BCUT2D eigenvalue weighted by molar-refractivity contribution is 7.89. The van der Waals surface area contributed by atoms with Crippen molar-refractivity contribution in [3.8, 4) is 0 Å². The Kier molecular flexibility index (Phi) is 6.48. The van der Waals surface area contributed by atoms with Crippen LogP contribution in [0.15, 0.2) is 30.3 Å². The van der Waals surface area contributed by atoms with Gasteiger partial charge in [0.25, 0.3) is 0 Å². The Morgan fingerprint density at radius 2 is 1.79 bits per heavy atom. The molecule has 0 amide bonds. The van der Waals surface area contributed by atoms with Crippen LogP contribution in [0, 0.1) is 5.92 Å². The summed E-state index contributed by atoms with van der Waals surface area (Å²) in [6.45, 7) is 4.66. The van der Waals surface area contributed by atoms with Gasteiger partial charge in [-0.2, -0.15) is 0 Å². The minimum atomic E-state index is -3.34. The molecule has 4 nitrogen and oxygen atoms in total. The molecule has 0 bridgehead atoms. The van der Waals surface area contributed by atoms with Gasteiger partial charge in [-0.3, -0.25) is 0 Å². The average Bonchev–Trinajstić information content (AvgIpc) is 2.36. The van der Waals surface area contributed by atoms with E-state index in [4.69, 9.17) is 9.88 Å². The molecule has 1 aromatic carbocycles. The zero-order valence-electron chi connectivity index (χ0n) is 11.6. The number of rotatable bonds is 8. The van der Waals surface area contributed by atoms with Crippen molar-refractivity contribution in [1.82, 2.24) is 0 Å². The molecular weight excluding hydrogens is 262 g/mol. The Hall–Kier alpha value is -0.910. The number of sulfonamides is 1. The normalized spacial score (nSPS) is 15.1. The SMILES string of the molecule is CC(CCOC(C)c1ccccc1)CCS(N)(=O)=O. The van der Waals surface area contributed by atoms with Crippen molar-refractivity contribution in [2.75, 3.05) is 12.4 Å². The summed E-state index contributed by atoms with van der Waals surface area (Å²) >= 11 is 0.